The lowest BCUT2D eigenvalue weighted by Gasteiger charge is -2.13. The number of hydrogen-bond acceptors (Lipinski definition) is 5. The van der Waals surface area contributed by atoms with Crippen LogP contribution in [0.25, 0.3) is 0 Å². The van der Waals surface area contributed by atoms with Crippen molar-refractivity contribution in [1.82, 2.24) is 4.98 Å². The molecule has 29 heavy (non-hydrogen) atoms. The number of rotatable bonds is 6. The number of ether oxygens (including phenoxy) is 1. The highest BCUT2D eigenvalue weighted by atomic mass is 35.5. The van der Waals surface area contributed by atoms with Crippen LogP contribution in [-0.4, -0.2) is 26.3 Å². The summed E-state index contributed by atoms with van der Waals surface area (Å²) < 4.78 is 33.3. The van der Waals surface area contributed by atoms with Crippen molar-refractivity contribution in [1.29, 1.82) is 0 Å². The molecule has 9 heteroatoms. The minimum atomic E-state index is -4.01. The van der Waals surface area contributed by atoms with Crippen molar-refractivity contribution < 1.29 is 17.9 Å². The zero-order valence-electron chi connectivity index (χ0n) is 15.4. The summed E-state index contributed by atoms with van der Waals surface area (Å²) in [5.41, 5.74) is 0.700. The van der Waals surface area contributed by atoms with Gasteiger partial charge >= 0.3 is 0 Å². The van der Waals surface area contributed by atoms with Crippen LogP contribution in [0.1, 0.15) is 21.6 Å². The second-order valence-corrected chi connectivity index (χ2v) is 8.62. The summed E-state index contributed by atoms with van der Waals surface area (Å²) in [5.74, 6) is -0.166. The van der Waals surface area contributed by atoms with E-state index in [9.17, 15) is 13.2 Å². The molecule has 0 aliphatic heterocycles. The minimum absolute atomic E-state index is 0.00457. The van der Waals surface area contributed by atoms with Gasteiger partial charge in [-0.05, 0) is 48.9 Å². The molecule has 0 saturated carbocycles. The summed E-state index contributed by atoms with van der Waals surface area (Å²) in [6.45, 7) is 1.69. The van der Waals surface area contributed by atoms with Crippen LogP contribution in [0, 0.1) is 6.92 Å². The van der Waals surface area contributed by atoms with Crippen LogP contribution in [0.2, 0.25) is 10.0 Å². The van der Waals surface area contributed by atoms with E-state index in [1.165, 1.54) is 37.6 Å². The van der Waals surface area contributed by atoms with Gasteiger partial charge in [-0.25, -0.2) is 13.4 Å². The Morgan fingerprint density at radius 1 is 1.10 bits per heavy atom. The molecule has 150 valence electrons. The highest BCUT2D eigenvalue weighted by molar-refractivity contribution is 7.92. The van der Waals surface area contributed by atoms with Crippen LogP contribution in [0.4, 0.5) is 5.69 Å². The summed E-state index contributed by atoms with van der Waals surface area (Å²) in [7, 11) is -2.58. The Kier molecular flexibility index (Phi) is 6.12. The van der Waals surface area contributed by atoms with Crippen LogP contribution in [0.5, 0.6) is 5.75 Å². The summed E-state index contributed by atoms with van der Waals surface area (Å²) in [6, 6.07) is 12.2. The van der Waals surface area contributed by atoms with E-state index in [0.717, 1.165) is 0 Å². The van der Waals surface area contributed by atoms with E-state index in [0.29, 0.717) is 16.3 Å². The van der Waals surface area contributed by atoms with Crippen LogP contribution in [0.3, 0.4) is 0 Å². The van der Waals surface area contributed by atoms with Gasteiger partial charge < -0.3 is 4.74 Å². The second kappa shape index (κ2) is 8.41. The molecule has 0 atom stereocenters. The first-order valence-corrected chi connectivity index (χ1v) is 10.6. The molecule has 0 bridgehead atoms. The SMILES string of the molecule is COc1ccccc1C(=O)c1ncc(Cl)cc1NS(=O)(=O)c1ccc(Cl)c(C)c1. The maximum atomic E-state index is 13.0. The molecule has 0 aliphatic rings. The normalized spacial score (nSPS) is 11.2. The Hall–Kier alpha value is -2.61. The third-order valence-electron chi connectivity index (χ3n) is 4.11. The van der Waals surface area contributed by atoms with Crippen molar-refractivity contribution in [3.05, 3.63) is 81.6 Å². The zero-order chi connectivity index (χ0) is 21.2. The molecule has 0 saturated heterocycles. The number of pyridine rings is 1. The van der Waals surface area contributed by atoms with Crippen LogP contribution in [-0.2, 0) is 10.0 Å². The summed E-state index contributed by atoms with van der Waals surface area (Å²) >= 11 is 12.0. The van der Waals surface area contributed by atoms with Gasteiger partial charge in [0.2, 0.25) is 5.78 Å². The first-order chi connectivity index (χ1) is 13.7. The molecule has 0 fully saturated rings. The third kappa shape index (κ3) is 4.53. The molecule has 6 nitrogen and oxygen atoms in total. The van der Waals surface area contributed by atoms with Crippen molar-refractivity contribution in [2.75, 3.05) is 11.8 Å². The summed E-state index contributed by atoms with van der Waals surface area (Å²) in [5, 5.41) is 0.618. The standard InChI is InChI=1S/C20H16Cl2N2O4S/c1-12-9-14(7-8-16(12)22)29(26,27)24-17-10-13(21)11-23-19(17)20(25)15-5-3-4-6-18(15)28-2/h3-11,24H,1-2H3. The van der Waals surface area contributed by atoms with E-state index < -0.39 is 15.8 Å². The van der Waals surface area contributed by atoms with Crippen molar-refractivity contribution in [2.24, 2.45) is 0 Å². The number of aryl methyl sites for hydroxylation is 1. The molecule has 0 radical (unpaired) electrons. The number of methoxy groups -OCH3 is 1. The molecular formula is C20H16Cl2N2O4S. The maximum Gasteiger partial charge on any atom is 0.261 e. The number of hydrogen-bond donors (Lipinski definition) is 1. The van der Waals surface area contributed by atoms with E-state index in [1.54, 1.807) is 31.2 Å². The number of carbonyl (C=O) groups excluding carboxylic acids is 1. The monoisotopic (exact) mass is 450 g/mol. The number of carbonyl (C=O) groups is 1. The van der Waals surface area contributed by atoms with Gasteiger partial charge in [-0.15, -0.1) is 0 Å². The average molecular weight is 451 g/mol. The van der Waals surface area contributed by atoms with Crippen LogP contribution >= 0.6 is 23.2 Å². The molecule has 1 heterocycles. The quantitative estimate of drug-likeness (QED) is 0.548. The minimum Gasteiger partial charge on any atom is -0.496 e. The predicted octanol–water partition coefficient (Wildman–Crippen LogP) is 4.74. The summed E-state index contributed by atoms with van der Waals surface area (Å²) in [4.78, 5) is 17.1. The highest BCUT2D eigenvalue weighted by Gasteiger charge is 2.23. The zero-order valence-corrected chi connectivity index (χ0v) is 17.8. The van der Waals surface area contributed by atoms with Gasteiger partial charge in [0.05, 0.1) is 28.3 Å². The van der Waals surface area contributed by atoms with E-state index >= 15 is 0 Å². The largest absolute Gasteiger partial charge is 0.496 e. The number of halogens is 2. The van der Waals surface area contributed by atoms with Gasteiger partial charge in [0.15, 0.2) is 0 Å². The predicted molar refractivity (Wildman–Crippen MR) is 113 cm³/mol. The second-order valence-electron chi connectivity index (χ2n) is 6.10. The van der Waals surface area contributed by atoms with Crippen LogP contribution < -0.4 is 9.46 Å². The number of nitrogens with zero attached hydrogens (tertiary/aromatic N) is 1. The number of sulfonamides is 1. The van der Waals surface area contributed by atoms with Gasteiger partial charge in [0.1, 0.15) is 11.4 Å². The van der Waals surface area contributed by atoms with Gasteiger partial charge in [-0.1, -0.05) is 35.3 Å². The number of ketones is 1. The Bertz CT molecular complexity index is 1200. The fourth-order valence-corrected chi connectivity index (χ4v) is 4.06. The number of benzene rings is 2. The topological polar surface area (TPSA) is 85.4 Å². The van der Waals surface area contributed by atoms with Gasteiger partial charge in [-0.3, -0.25) is 9.52 Å². The molecule has 3 aromatic rings. The third-order valence-corrected chi connectivity index (χ3v) is 6.10. The first kappa shape index (κ1) is 21.1. The Labute approximate surface area is 178 Å². The maximum absolute atomic E-state index is 13.0. The molecule has 0 unspecified atom stereocenters. The number of para-hydroxylation sites is 1. The van der Waals surface area contributed by atoms with E-state index in [4.69, 9.17) is 27.9 Å². The van der Waals surface area contributed by atoms with Gasteiger partial charge in [0, 0.05) is 11.2 Å². The average Bonchev–Trinajstić information content (AvgIpc) is 2.69. The lowest BCUT2D eigenvalue weighted by molar-refractivity contribution is 0.103. The fraction of sp³-hybridized carbons (Fsp3) is 0.100. The van der Waals surface area contributed by atoms with Gasteiger partial charge in [0.25, 0.3) is 10.0 Å². The molecular weight excluding hydrogens is 435 g/mol. The fourth-order valence-electron chi connectivity index (χ4n) is 2.65. The molecule has 2 aromatic carbocycles. The molecule has 1 aromatic heterocycles. The van der Waals surface area contributed by atoms with E-state index in [1.807, 2.05) is 0 Å². The van der Waals surface area contributed by atoms with Crippen molar-refractivity contribution in [3.8, 4) is 5.75 Å². The highest BCUT2D eigenvalue weighted by Crippen LogP contribution is 2.28. The number of nitrogens with one attached hydrogen (secondary N) is 1. The molecule has 1 N–H and O–H groups in total. The lowest BCUT2D eigenvalue weighted by atomic mass is 10.1. The van der Waals surface area contributed by atoms with Crippen molar-refractivity contribution >= 4 is 44.7 Å². The molecule has 3 rings (SSSR count). The Balaban J connectivity index is 2.05. The van der Waals surface area contributed by atoms with Crippen molar-refractivity contribution in [2.45, 2.75) is 11.8 Å². The van der Waals surface area contributed by atoms with E-state index in [-0.39, 0.29) is 26.9 Å². The Morgan fingerprint density at radius 3 is 2.52 bits per heavy atom. The molecule has 0 amide bonds. The first-order valence-electron chi connectivity index (χ1n) is 8.35. The molecule has 0 spiro atoms. The molecule has 0 aliphatic carbocycles. The lowest BCUT2D eigenvalue weighted by Crippen LogP contribution is -2.17. The van der Waals surface area contributed by atoms with Crippen LogP contribution in [0.15, 0.2) is 59.6 Å². The number of aromatic nitrogens is 1. The number of anilines is 1. The summed E-state index contributed by atoms with van der Waals surface area (Å²) in [6.07, 6.45) is 1.27. The van der Waals surface area contributed by atoms with E-state index in [2.05, 4.69) is 9.71 Å². The van der Waals surface area contributed by atoms with Gasteiger partial charge in [-0.2, -0.15) is 0 Å². The smallest absolute Gasteiger partial charge is 0.261 e. The van der Waals surface area contributed by atoms with Crippen molar-refractivity contribution in [3.63, 3.8) is 0 Å². The Morgan fingerprint density at radius 2 is 1.83 bits per heavy atom.